The highest BCUT2D eigenvalue weighted by atomic mass is 16.5. The van der Waals surface area contributed by atoms with E-state index in [0.29, 0.717) is 23.7 Å². The summed E-state index contributed by atoms with van der Waals surface area (Å²) in [5.41, 5.74) is 0.640. The van der Waals surface area contributed by atoms with Crippen molar-refractivity contribution in [2.75, 3.05) is 39.2 Å². The number of ether oxygens (including phenoxy) is 2. The van der Waals surface area contributed by atoms with Crippen LogP contribution in [0.15, 0.2) is 18.2 Å². The number of carbonyl (C=O) groups is 1. The minimum absolute atomic E-state index is 0.0735. The van der Waals surface area contributed by atoms with Crippen LogP contribution < -0.4 is 25.4 Å². The minimum atomic E-state index is -0.222. The number of methoxy groups -OCH3 is 2. The van der Waals surface area contributed by atoms with Gasteiger partial charge in [0.25, 0.3) is 0 Å². The molecule has 0 aromatic heterocycles. The fraction of sp³-hybridized carbons (Fsp3) is 0.462. The molecule has 0 bridgehead atoms. The van der Waals surface area contributed by atoms with Crippen LogP contribution in [-0.2, 0) is 4.79 Å². The van der Waals surface area contributed by atoms with Gasteiger partial charge in [-0.25, -0.2) is 0 Å². The molecule has 0 saturated carbocycles. The van der Waals surface area contributed by atoms with E-state index in [9.17, 15) is 4.79 Å². The molecular weight excluding hydrogens is 246 g/mol. The molecule has 19 heavy (non-hydrogen) atoms. The van der Waals surface area contributed by atoms with Crippen molar-refractivity contribution in [1.82, 2.24) is 10.6 Å². The monoisotopic (exact) mass is 265 g/mol. The molecule has 104 valence electrons. The van der Waals surface area contributed by atoms with E-state index in [2.05, 4.69) is 16.0 Å². The van der Waals surface area contributed by atoms with Crippen LogP contribution in [0.1, 0.15) is 0 Å². The van der Waals surface area contributed by atoms with Gasteiger partial charge in [0, 0.05) is 25.7 Å². The van der Waals surface area contributed by atoms with E-state index in [-0.39, 0.29) is 11.9 Å². The van der Waals surface area contributed by atoms with Crippen LogP contribution in [0, 0.1) is 0 Å². The molecule has 2 rings (SSSR count). The highest BCUT2D eigenvalue weighted by molar-refractivity contribution is 5.96. The lowest BCUT2D eigenvalue weighted by Gasteiger charge is -2.24. The summed E-state index contributed by atoms with van der Waals surface area (Å²) in [7, 11) is 3.15. The van der Waals surface area contributed by atoms with Crippen LogP contribution in [0.25, 0.3) is 0 Å². The molecule has 3 N–H and O–H groups in total. The molecule has 0 spiro atoms. The van der Waals surface area contributed by atoms with E-state index in [1.54, 1.807) is 32.4 Å². The lowest BCUT2D eigenvalue weighted by molar-refractivity contribution is -0.118. The number of benzene rings is 1. The predicted molar refractivity (Wildman–Crippen MR) is 72.8 cm³/mol. The van der Waals surface area contributed by atoms with E-state index in [4.69, 9.17) is 9.47 Å². The maximum atomic E-state index is 12.1. The van der Waals surface area contributed by atoms with Crippen LogP contribution in [0.3, 0.4) is 0 Å². The van der Waals surface area contributed by atoms with Gasteiger partial charge in [0.05, 0.1) is 25.9 Å². The number of hydrogen-bond acceptors (Lipinski definition) is 5. The highest BCUT2D eigenvalue weighted by Gasteiger charge is 2.21. The van der Waals surface area contributed by atoms with Gasteiger partial charge in [-0.15, -0.1) is 0 Å². The van der Waals surface area contributed by atoms with Crippen molar-refractivity contribution in [2.24, 2.45) is 0 Å². The third-order valence-electron chi connectivity index (χ3n) is 3.02. The first kappa shape index (κ1) is 13.6. The number of rotatable bonds is 4. The average Bonchev–Trinajstić information content (AvgIpc) is 2.48. The van der Waals surface area contributed by atoms with E-state index in [1.807, 2.05) is 0 Å². The standard InChI is InChI=1S/C13H19N3O3/c1-18-9-3-4-10(12(7-9)19-2)16-13(17)11-8-14-5-6-15-11/h3-4,7,11,14-15H,5-6,8H2,1-2H3,(H,16,17). The summed E-state index contributed by atoms with van der Waals surface area (Å²) in [6.45, 7) is 2.30. The molecule has 0 aliphatic carbocycles. The third kappa shape index (κ3) is 3.36. The Morgan fingerprint density at radius 2 is 2.16 bits per heavy atom. The summed E-state index contributed by atoms with van der Waals surface area (Å²) in [4.78, 5) is 12.1. The molecule has 6 nitrogen and oxygen atoms in total. The molecule has 1 amide bonds. The van der Waals surface area contributed by atoms with Crippen molar-refractivity contribution in [1.29, 1.82) is 0 Å². The smallest absolute Gasteiger partial charge is 0.242 e. The van der Waals surface area contributed by atoms with Gasteiger partial charge in [0.1, 0.15) is 11.5 Å². The Morgan fingerprint density at radius 3 is 2.79 bits per heavy atom. The number of amides is 1. The molecule has 0 radical (unpaired) electrons. The van der Waals surface area contributed by atoms with Crippen LogP contribution in [0.4, 0.5) is 5.69 Å². The first-order valence-corrected chi connectivity index (χ1v) is 6.21. The molecule has 1 fully saturated rings. The van der Waals surface area contributed by atoms with Crippen molar-refractivity contribution in [3.05, 3.63) is 18.2 Å². The number of carbonyl (C=O) groups excluding carboxylic acids is 1. The first-order chi connectivity index (χ1) is 9.24. The molecule has 6 heteroatoms. The zero-order valence-electron chi connectivity index (χ0n) is 11.2. The second-order valence-corrected chi connectivity index (χ2v) is 4.27. The molecule has 1 aliphatic rings. The van der Waals surface area contributed by atoms with Gasteiger partial charge in [-0.05, 0) is 12.1 Å². The maximum Gasteiger partial charge on any atom is 0.242 e. The molecular formula is C13H19N3O3. The second-order valence-electron chi connectivity index (χ2n) is 4.27. The molecule has 1 aliphatic heterocycles. The Kier molecular flexibility index (Phi) is 4.59. The van der Waals surface area contributed by atoms with Gasteiger partial charge in [0.2, 0.25) is 5.91 Å². The highest BCUT2D eigenvalue weighted by Crippen LogP contribution is 2.29. The van der Waals surface area contributed by atoms with Gasteiger partial charge < -0.3 is 25.4 Å². The Labute approximate surface area is 112 Å². The Hall–Kier alpha value is -1.79. The molecule has 1 atom stereocenters. The van der Waals surface area contributed by atoms with Crippen LogP contribution in [-0.4, -0.2) is 45.8 Å². The summed E-state index contributed by atoms with van der Waals surface area (Å²) in [6.07, 6.45) is 0. The third-order valence-corrected chi connectivity index (χ3v) is 3.02. The largest absolute Gasteiger partial charge is 0.497 e. The fourth-order valence-electron chi connectivity index (χ4n) is 1.96. The molecule has 1 aromatic rings. The Bertz CT molecular complexity index is 445. The van der Waals surface area contributed by atoms with Gasteiger partial charge >= 0.3 is 0 Å². The number of nitrogens with one attached hydrogen (secondary N) is 3. The van der Waals surface area contributed by atoms with Crippen molar-refractivity contribution in [2.45, 2.75) is 6.04 Å². The maximum absolute atomic E-state index is 12.1. The van der Waals surface area contributed by atoms with E-state index in [0.717, 1.165) is 13.1 Å². The Balaban J connectivity index is 2.07. The van der Waals surface area contributed by atoms with E-state index >= 15 is 0 Å². The summed E-state index contributed by atoms with van der Waals surface area (Å²) < 4.78 is 10.4. The number of piperazine rings is 1. The van der Waals surface area contributed by atoms with Crippen molar-refractivity contribution in [3.63, 3.8) is 0 Å². The topological polar surface area (TPSA) is 71.6 Å². The quantitative estimate of drug-likeness (QED) is 0.725. The van der Waals surface area contributed by atoms with E-state index in [1.165, 1.54) is 0 Å². The number of anilines is 1. The predicted octanol–water partition coefficient (Wildman–Crippen LogP) is 0.204. The van der Waals surface area contributed by atoms with Crippen molar-refractivity contribution >= 4 is 11.6 Å². The first-order valence-electron chi connectivity index (χ1n) is 6.21. The van der Waals surface area contributed by atoms with Gasteiger partial charge in [-0.1, -0.05) is 0 Å². The molecule has 1 heterocycles. The zero-order valence-corrected chi connectivity index (χ0v) is 11.2. The van der Waals surface area contributed by atoms with Gasteiger partial charge in [0.15, 0.2) is 0 Å². The fourth-order valence-corrected chi connectivity index (χ4v) is 1.96. The van der Waals surface area contributed by atoms with Gasteiger partial charge in [-0.2, -0.15) is 0 Å². The number of hydrogen-bond donors (Lipinski definition) is 3. The summed E-state index contributed by atoms with van der Waals surface area (Å²) >= 11 is 0. The molecule has 1 aromatic carbocycles. The summed E-state index contributed by atoms with van der Waals surface area (Å²) in [6, 6.07) is 5.07. The molecule has 1 unspecified atom stereocenters. The summed E-state index contributed by atoms with van der Waals surface area (Å²) in [5, 5.41) is 9.19. The van der Waals surface area contributed by atoms with Crippen molar-refractivity contribution in [3.8, 4) is 11.5 Å². The lowest BCUT2D eigenvalue weighted by atomic mass is 10.2. The van der Waals surface area contributed by atoms with Crippen LogP contribution in [0.5, 0.6) is 11.5 Å². The minimum Gasteiger partial charge on any atom is -0.497 e. The normalized spacial score (nSPS) is 18.7. The molecule has 1 saturated heterocycles. The van der Waals surface area contributed by atoms with Crippen LogP contribution in [0.2, 0.25) is 0 Å². The average molecular weight is 265 g/mol. The Morgan fingerprint density at radius 1 is 1.32 bits per heavy atom. The van der Waals surface area contributed by atoms with Crippen LogP contribution >= 0.6 is 0 Å². The zero-order chi connectivity index (χ0) is 13.7. The van der Waals surface area contributed by atoms with Crippen molar-refractivity contribution < 1.29 is 14.3 Å². The second kappa shape index (κ2) is 6.40. The van der Waals surface area contributed by atoms with E-state index < -0.39 is 0 Å². The summed E-state index contributed by atoms with van der Waals surface area (Å²) in [5.74, 6) is 1.19. The lowest BCUT2D eigenvalue weighted by Crippen LogP contribution is -2.54. The van der Waals surface area contributed by atoms with Gasteiger partial charge in [-0.3, -0.25) is 4.79 Å². The SMILES string of the molecule is COc1ccc(NC(=O)C2CNCCN2)c(OC)c1.